The molecule has 1 saturated heterocycles. The zero-order valence-corrected chi connectivity index (χ0v) is 15.9. The van der Waals surface area contributed by atoms with Crippen LogP contribution in [0.2, 0.25) is 0 Å². The lowest BCUT2D eigenvalue weighted by atomic mass is 9.88. The summed E-state index contributed by atoms with van der Waals surface area (Å²) in [6, 6.07) is 7.90. The number of carbonyl (C=O) groups is 2. The van der Waals surface area contributed by atoms with Crippen molar-refractivity contribution in [3.63, 3.8) is 0 Å². The van der Waals surface area contributed by atoms with Crippen LogP contribution >= 0.6 is 0 Å². The van der Waals surface area contributed by atoms with Crippen molar-refractivity contribution < 1.29 is 14.3 Å². The molecule has 1 N–H and O–H groups in total. The number of rotatable bonds is 6. The Balaban J connectivity index is 1.80. The first-order valence-corrected chi connectivity index (χ1v) is 9.84. The van der Waals surface area contributed by atoms with Crippen LogP contribution in [-0.2, 0) is 9.59 Å². The summed E-state index contributed by atoms with van der Waals surface area (Å²) in [7, 11) is 1.65. The largest absolute Gasteiger partial charge is 0.497 e. The number of nitrogens with zero attached hydrogens (tertiary/aromatic N) is 1. The van der Waals surface area contributed by atoms with Crippen LogP contribution in [0.4, 0.5) is 0 Å². The highest BCUT2D eigenvalue weighted by atomic mass is 16.5. The van der Waals surface area contributed by atoms with Crippen LogP contribution in [-0.4, -0.2) is 43.5 Å². The van der Waals surface area contributed by atoms with E-state index in [1.165, 1.54) is 0 Å². The van der Waals surface area contributed by atoms with Crippen molar-refractivity contribution in [1.29, 1.82) is 0 Å². The van der Waals surface area contributed by atoms with Gasteiger partial charge in [0.2, 0.25) is 11.8 Å². The minimum Gasteiger partial charge on any atom is -0.497 e. The second-order valence-corrected chi connectivity index (χ2v) is 7.51. The highest BCUT2D eigenvalue weighted by Crippen LogP contribution is 2.36. The molecule has 2 amide bonds. The minimum atomic E-state index is -0.195. The molecular weight excluding hydrogens is 328 g/mol. The fraction of sp³-hybridized carbons (Fsp3) is 0.619. The zero-order valence-electron chi connectivity index (χ0n) is 15.9. The number of likely N-dealkylation sites (tertiary alicyclic amines) is 1. The number of carbonyl (C=O) groups excluding carboxylic acids is 2. The predicted octanol–water partition coefficient (Wildman–Crippen LogP) is 2.95. The summed E-state index contributed by atoms with van der Waals surface area (Å²) < 4.78 is 5.35. The Hall–Kier alpha value is -2.04. The lowest BCUT2D eigenvalue weighted by Gasteiger charge is -2.20. The summed E-state index contributed by atoms with van der Waals surface area (Å²) in [6.45, 7) is 3.86. The fourth-order valence-electron chi connectivity index (χ4n) is 4.27. The molecule has 0 radical (unpaired) electrons. The molecule has 0 bridgehead atoms. The Bertz CT molecular complexity index is 640. The summed E-state index contributed by atoms with van der Waals surface area (Å²) in [5, 5.41) is 3.02. The molecule has 1 aromatic carbocycles. The third-order valence-corrected chi connectivity index (χ3v) is 5.74. The number of nitrogens with one attached hydrogen (secondary N) is 1. The molecule has 1 aliphatic carbocycles. The fourth-order valence-corrected chi connectivity index (χ4v) is 4.27. The molecular formula is C21H30N2O3. The molecule has 0 unspecified atom stereocenters. The van der Waals surface area contributed by atoms with Gasteiger partial charge in [0.05, 0.1) is 13.0 Å². The van der Waals surface area contributed by atoms with Crippen LogP contribution in [0, 0.1) is 11.8 Å². The smallest absolute Gasteiger partial charge is 0.225 e. The van der Waals surface area contributed by atoms with E-state index in [0.717, 1.165) is 43.4 Å². The molecule has 5 nitrogen and oxygen atoms in total. The Kier molecular flexibility index (Phi) is 6.17. The van der Waals surface area contributed by atoms with Gasteiger partial charge in [-0.05, 0) is 37.0 Å². The Labute approximate surface area is 156 Å². The third kappa shape index (κ3) is 4.02. The number of methoxy groups -OCH3 is 1. The molecule has 2 fully saturated rings. The van der Waals surface area contributed by atoms with Gasteiger partial charge in [-0.15, -0.1) is 0 Å². The number of amides is 2. The number of hydrogen-bond donors (Lipinski definition) is 1. The van der Waals surface area contributed by atoms with E-state index >= 15 is 0 Å². The summed E-state index contributed by atoms with van der Waals surface area (Å²) in [5.74, 6) is 1.06. The molecule has 3 rings (SSSR count). The minimum absolute atomic E-state index is 0.0207. The summed E-state index contributed by atoms with van der Waals surface area (Å²) >= 11 is 0. The lowest BCUT2D eigenvalue weighted by Crippen LogP contribution is -2.37. The van der Waals surface area contributed by atoms with E-state index in [4.69, 9.17) is 4.74 Å². The first kappa shape index (κ1) is 18.7. The second kappa shape index (κ2) is 8.56. The van der Waals surface area contributed by atoms with E-state index < -0.39 is 0 Å². The van der Waals surface area contributed by atoms with Gasteiger partial charge in [0.15, 0.2) is 0 Å². The molecule has 1 saturated carbocycles. The first-order chi connectivity index (χ1) is 12.6. The molecule has 1 aromatic rings. The normalized spacial score (nSPS) is 23.2. The predicted molar refractivity (Wildman–Crippen MR) is 101 cm³/mol. The van der Waals surface area contributed by atoms with Crippen molar-refractivity contribution in [2.45, 2.75) is 44.9 Å². The number of hydrogen-bond acceptors (Lipinski definition) is 3. The van der Waals surface area contributed by atoms with Crippen LogP contribution in [0.5, 0.6) is 5.75 Å². The van der Waals surface area contributed by atoms with E-state index in [-0.39, 0.29) is 29.6 Å². The van der Waals surface area contributed by atoms with Crippen LogP contribution in [0.1, 0.15) is 50.5 Å². The monoisotopic (exact) mass is 358 g/mol. The van der Waals surface area contributed by atoms with Gasteiger partial charge < -0.3 is 15.0 Å². The molecule has 2 aliphatic rings. The average molecular weight is 358 g/mol. The molecule has 26 heavy (non-hydrogen) atoms. The van der Waals surface area contributed by atoms with E-state index in [0.29, 0.717) is 19.6 Å². The van der Waals surface area contributed by atoms with E-state index in [1.807, 2.05) is 36.1 Å². The molecule has 2 atom stereocenters. The standard InChI is InChI=1S/C21H30N2O3/c1-3-11-22-20(24)19-14-23(21(25)15-7-4-5-8-15)13-18(19)16-9-6-10-17(12-16)26-2/h6,9-10,12,15,18-19H,3-5,7-8,11,13-14H2,1-2H3,(H,22,24)/t18-,19-/m0/s1. The van der Waals surface area contributed by atoms with Crippen molar-refractivity contribution in [3.8, 4) is 5.75 Å². The molecule has 1 aliphatic heterocycles. The van der Waals surface area contributed by atoms with Crippen molar-refractivity contribution in [3.05, 3.63) is 29.8 Å². The summed E-state index contributed by atoms with van der Waals surface area (Å²) in [5.41, 5.74) is 1.07. The molecule has 0 aromatic heterocycles. The van der Waals surface area contributed by atoms with Gasteiger partial charge in [0, 0.05) is 31.5 Å². The van der Waals surface area contributed by atoms with E-state index in [1.54, 1.807) is 7.11 Å². The molecule has 5 heteroatoms. The number of benzene rings is 1. The second-order valence-electron chi connectivity index (χ2n) is 7.51. The average Bonchev–Trinajstić information content (AvgIpc) is 3.35. The van der Waals surface area contributed by atoms with Crippen LogP contribution < -0.4 is 10.1 Å². The SMILES string of the molecule is CCCNC(=O)[C@H]1CN(C(=O)C2CCCC2)C[C@H]1c1cccc(OC)c1. The van der Waals surface area contributed by atoms with E-state index in [2.05, 4.69) is 5.32 Å². The highest BCUT2D eigenvalue weighted by Gasteiger charge is 2.42. The first-order valence-electron chi connectivity index (χ1n) is 9.84. The van der Waals surface area contributed by atoms with Gasteiger partial charge in [0.1, 0.15) is 5.75 Å². The van der Waals surface area contributed by atoms with Crippen molar-refractivity contribution in [1.82, 2.24) is 10.2 Å². The van der Waals surface area contributed by atoms with Crippen molar-refractivity contribution in [2.75, 3.05) is 26.7 Å². The summed E-state index contributed by atoms with van der Waals surface area (Å²) in [4.78, 5) is 27.6. The highest BCUT2D eigenvalue weighted by molar-refractivity contribution is 5.84. The van der Waals surface area contributed by atoms with Crippen LogP contribution in [0.15, 0.2) is 24.3 Å². The Morgan fingerprint density at radius 1 is 1.23 bits per heavy atom. The molecule has 1 heterocycles. The van der Waals surface area contributed by atoms with Crippen LogP contribution in [0.3, 0.4) is 0 Å². The molecule has 0 spiro atoms. The topological polar surface area (TPSA) is 58.6 Å². The molecule has 142 valence electrons. The maximum atomic E-state index is 12.9. The van der Waals surface area contributed by atoms with Gasteiger partial charge in [-0.1, -0.05) is 31.9 Å². The van der Waals surface area contributed by atoms with Crippen molar-refractivity contribution in [2.24, 2.45) is 11.8 Å². The van der Waals surface area contributed by atoms with Gasteiger partial charge >= 0.3 is 0 Å². The van der Waals surface area contributed by atoms with E-state index in [9.17, 15) is 9.59 Å². The quantitative estimate of drug-likeness (QED) is 0.850. The van der Waals surface area contributed by atoms with Gasteiger partial charge in [-0.3, -0.25) is 9.59 Å². The van der Waals surface area contributed by atoms with Gasteiger partial charge in [-0.25, -0.2) is 0 Å². The zero-order chi connectivity index (χ0) is 18.5. The number of ether oxygens (including phenoxy) is 1. The maximum absolute atomic E-state index is 12.9. The van der Waals surface area contributed by atoms with Crippen molar-refractivity contribution >= 4 is 11.8 Å². The Morgan fingerprint density at radius 2 is 2.00 bits per heavy atom. The van der Waals surface area contributed by atoms with Crippen LogP contribution in [0.25, 0.3) is 0 Å². The third-order valence-electron chi connectivity index (χ3n) is 5.74. The summed E-state index contributed by atoms with van der Waals surface area (Å²) in [6.07, 6.45) is 5.18. The Morgan fingerprint density at radius 3 is 2.69 bits per heavy atom. The lowest BCUT2D eigenvalue weighted by molar-refractivity contribution is -0.134. The van der Waals surface area contributed by atoms with Gasteiger partial charge in [-0.2, -0.15) is 0 Å². The maximum Gasteiger partial charge on any atom is 0.225 e. The van der Waals surface area contributed by atoms with Gasteiger partial charge in [0.25, 0.3) is 0 Å².